The molecule has 0 bridgehead atoms. The first kappa shape index (κ1) is 21.2. The number of hydrogen-bond donors (Lipinski definition) is 4. The zero-order valence-corrected chi connectivity index (χ0v) is 17.2. The van der Waals surface area contributed by atoms with Crippen molar-refractivity contribution in [2.45, 2.75) is 37.8 Å². The summed E-state index contributed by atoms with van der Waals surface area (Å²) in [5, 5.41) is 14.0. The van der Waals surface area contributed by atoms with Crippen LogP contribution in [0.2, 0.25) is 0 Å². The average molecular weight is 430 g/mol. The minimum absolute atomic E-state index is 0.00796. The van der Waals surface area contributed by atoms with E-state index in [4.69, 9.17) is 16.2 Å². The number of amides is 1. The zero-order chi connectivity index (χ0) is 21.8. The number of carbonyl (C=O) groups excluding carboxylic acids is 1. The molecule has 6 N–H and O–H groups in total. The SMILES string of the molecule is NC(=O)c1nnc(N[C@@H]2CCCC[C@@H]2N)nc1Nc1ccc(N2CCOCC2)c(F)c1. The Morgan fingerprint density at radius 1 is 1.19 bits per heavy atom. The van der Waals surface area contributed by atoms with Gasteiger partial charge in [0.05, 0.1) is 18.9 Å². The summed E-state index contributed by atoms with van der Waals surface area (Å²) < 4.78 is 20.1. The van der Waals surface area contributed by atoms with Crippen LogP contribution in [-0.4, -0.2) is 59.5 Å². The van der Waals surface area contributed by atoms with Crippen molar-refractivity contribution in [2.24, 2.45) is 11.5 Å². The zero-order valence-electron chi connectivity index (χ0n) is 17.2. The van der Waals surface area contributed by atoms with Crippen LogP contribution in [0.25, 0.3) is 0 Å². The van der Waals surface area contributed by atoms with Crippen molar-refractivity contribution < 1.29 is 13.9 Å². The summed E-state index contributed by atoms with van der Waals surface area (Å²) in [6.07, 6.45) is 3.99. The maximum atomic E-state index is 14.7. The Kier molecular flexibility index (Phi) is 6.42. The van der Waals surface area contributed by atoms with Crippen LogP contribution in [0.4, 0.5) is 27.5 Å². The number of ether oxygens (including phenoxy) is 1. The van der Waals surface area contributed by atoms with Crippen molar-refractivity contribution in [3.05, 3.63) is 29.7 Å². The number of anilines is 4. The summed E-state index contributed by atoms with van der Waals surface area (Å²) in [6.45, 7) is 2.39. The molecule has 1 saturated carbocycles. The lowest BCUT2D eigenvalue weighted by atomic mass is 9.91. The highest BCUT2D eigenvalue weighted by Gasteiger charge is 2.24. The van der Waals surface area contributed by atoms with E-state index in [1.54, 1.807) is 12.1 Å². The molecule has 2 aliphatic rings. The fourth-order valence-corrected chi connectivity index (χ4v) is 3.93. The number of benzene rings is 1. The monoisotopic (exact) mass is 430 g/mol. The number of halogens is 1. The van der Waals surface area contributed by atoms with Gasteiger partial charge in [0, 0.05) is 30.9 Å². The van der Waals surface area contributed by atoms with E-state index in [1.165, 1.54) is 6.07 Å². The highest BCUT2D eigenvalue weighted by molar-refractivity contribution is 5.96. The number of hydrogen-bond acceptors (Lipinski definition) is 9. The van der Waals surface area contributed by atoms with Crippen molar-refractivity contribution in [1.29, 1.82) is 0 Å². The van der Waals surface area contributed by atoms with E-state index in [0.29, 0.717) is 37.7 Å². The fourth-order valence-electron chi connectivity index (χ4n) is 3.93. The van der Waals surface area contributed by atoms with Crippen LogP contribution in [0.15, 0.2) is 18.2 Å². The van der Waals surface area contributed by atoms with Gasteiger partial charge >= 0.3 is 0 Å². The predicted octanol–water partition coefficient (Wildman–Crippen LogP) is 1.37. The van der Waals surface area contributed by atoms with Gasteiger partial charge in [-0.1, -0.05) is 12.8 Å². The number of aromatic nitrogens is 3. The van der Waals surface area contributed by atoms with E-state index < -0.39 is 5.91 Å². The molecule has 2 heterocycles. The number of carbonyl (C=O) groups is 1. The molecule has 1 aromatic heterocycles. The minimum atomic E-state index is -0.783. The maximum Gasteiger partial charge on any atom is 0.273 e. The van der Waals surface area contributed by atoms with Gasteiger partial charge in [0.15, 0.2) is 11.5 Å². The standard InChI is InChI=1S/C20H27FN8O2/c21-13-11-12(5-6-16(13)29-7-9-31-10-8-29)24-19-17(18(23)30)27-28-20(26-19)25-15-4-2-1-3-14(15)22/h5-6,11,14-15H,1-4,7-10,22H2,(H2,23,30)(H2,24,25,26,28)/t14-,15+/m0/s1. The van der Waals surface area contributed by atoms with Crippen molar-refractivity contribution >= 4 is 29.0 Å². The van der Waals surface area contributed by atoms with Crippen molar-refractivity contribution in [2.75, 3.05) is 41.8 Å². The van der Waals surface area contributed by atoms with Crippen LogP contribution in [0.1, 0.15) is 36.2 Å². The molecule has 2 fully saturated rings. The molecule has 1 aromatic carbocycles. The molecular weight excluding hydrogens is 403 g/mol. The van der Waals surface area contributed by atoms with E-state index in [1.807, 2.05) is 4.90 Å². The normalized spacial score (nSPS) is 21.5. The maximum absolute atomic E-state index is 14.7. The third kappa shape index (κ3) is 5.00. The molecule has 0 spiro atoms. The third-order valence-electron chi connectivity index (χ3n) is 5.62. The van der Waals surface area contributed by atoms with Crippen molar-refractivity contribution in [3.63, 3.8) is 0 Å². The Morgan fingerprint density at radius 3 is 2.68 bits per heavy atom. The van der Waals surface area contributed by atoms with Gasteiger partial charge in [0.1, 0.15) is 5.82 Å². The van der Waals surface area contributed by atoms with Gasteiger partial charge in [0.25, 0.3) is 5.91 Å². The van der Waals surface area contributed by atoms with Gasteiger partial charge in [0.2, 0.25) is 5.95 Å². The Labute approximate surface area is 179 Å². The fraction of sp³-hybridized carbons (Fsp3) is 0.500. The van der Waals surface area contributed by atoms with Gasteiger partial charge in [-0.3, -0.25) is 4.79 Å². The second-order valence-corrected chi connectivity index (χ2v) is 7.79. The Bertz CT molecular complexity index is 937. The van der Waals surface area contributed by atoms with Crippen LogP contribution in [0.5, 0.6) is 0 Å². The molecule has 11 heteroatoms. The Hall–Kier alpha value is -3.05. The molecule has 1 aliphatic heterocycles. The van der Waals surface area contributed by atoms with E-state index in [2.05, 4.69) is 25.8 Å². The van der Waals surface area contributed by atoms with Gasteiger partial charge in [-0.25, -0.2) is 4.39 Å². The molecular formula is C20H27FN8O2. The molecule has 2 aromatic rings. The Morgan fingerprint density at radius 2 is 1.97 bits per heavy atom. The van der Waals surface area contributed by atoms with Crippen LogP contribution in [0.3, 0.4) is 0 Å². The first-order chi connectivity index (χ1) is 15.0. The number of primary amides is 1. The van der Waals surface area contributed by atoms with Gasteiger partial charge in [-0.05, 0) is 31.0 Å². The van der Waals surface area contributed by atoms with Gasteiger partial charge in [-0.2, -0.15) is 4.98 Å². The summed E-state index contributed by atoms with van der Waals surface area (Å²) in [6, 6.07) is 4.76. The average Bonchev–Trinajstić information content (AvgIpc) is 2.76. The highest BCUT2D eigenvalue weighted by atomic mass is 19.1. The van der Waals surface area contributed by atoms with Crippen molar-refractivity contribution in [1.82, 2.24) is 15.2 Å². The highest BCUT2D eigenvalue weighted by Crippen LogP contribution is 2.26. The second kappa shape index (κ2) is 9.40. The molecule has 10 nitrogen and oxygen atoms in total. The first-order valence-electron chi connectivity index (χ1n) is 10.5. The first-order valence-corrected chi connectivity index (χ1v) is 10.5. The topological polar surface area (TPSA) is 144 Å². The quantitative estimate of drug-likeness (QED) is 0.534. The van der Waals surface area contributed by atoms with Crippen molar-refractivity contribution in [3.8, 4) is 0 Å². The molecule has 166 valence electrons. The van der Waals surface area contributed by atoms with Crippen LogP contribution in [0, 0.1) is 5.82 Å². The summed E-state index contributed by atoms with van der Waals surface area (Å²) in [7, 11) is 0. The summed E-state index contributed by atoms with van der Waals surface area (Å²) in [5.74, 6) is -0.831. The van der Waals surface area contributed by atoms with Gasteiger partial charge in [-0.15, -0.1) is 10.2 Å². The number of morpholine rings is 1. The molecule has 0 unspecified atom stereocenters. The number of rotatable bonds is 6. The molecule has 2 atom stereocenters. The van der Waals surface area contributed by atoms with E-state index in [0.717, 1.165) is 25.7 Å². The lowest BCUT2D eigenvalue weighted by molar-refractivity contribution is 0.0995. The lowest BCUT2D eigenvalue weighted by Crippen LogP contribution is -2.43. The molecule has 4 rings (SSSR count). The van der Waals surface area contributed by atoms with E-state index in [9.17, 15) is 9.18 Å². The Balaban J connectivity index is 1.54. The molecule has 0 radical (unpaired) electrons. The largest absolute Gasteiger partial charge is 0.378 e. The van der Waals surface area contributed by atoms with E-state index in [-0.39, 0.29) is 35.4 Å². The van der Waals surface area contributed by atoms with Gasteiger partial charge < -0.3 is 31.7 Å². The van der Waals surface area contributed by atoms with Crippen LogP contribution >= 0.6 is 0 Å². The summed E-state index contributed by atoms with van der Waals surface area (Å²) in [4.78, 5) is 18.1. The number of nitrogens with zero attached hydrogens (tertiary/aromatic N) is 4. The predicted molar refractivity (Wildman–Crippen MR) is 115 cm³/mol. The molecule has 1 aliphatic carbocycles. The van der Waals surface area contributed by atoms with E-state index >= 15 is 0 Å². The molecule has 1 amide bonds. The minimum Gasteiger partial charge on any atom is -0.378 e. The molecule has 1 saturated heterocycles. The summed E-state index contributed by atoms with van der Waals surface area (Å²) in [5.41, 5.74) is 12.4. The van der Waals surface area contributed by atoms with Crippen LogP contribution in [-0.2, 0) is 4.74 Å². The summed E-state index contributed by atoms with van der Waals surface area (Å²) >= 11 is 0. The number of nitrogens with one attached hydrogen (secondary N) is 2. The number of nitrogens with two attached hydrogens (primary N) is 2. The third-order valence-corrected chi connectivity index (χ3v) is 5.62. The second-order valence-electron chi connectivity index (χ2n) is 7.79. The lowest BCUT2D eigenvalue weighted by Gasteiger charge is -2.29. The van der Waals surface area contributed by atoms with Crippen LogP contribution < -0.4 is 27.0 Å². The smallest absolute Gasteiger partial charge is 0.273 e. The molecule has 31 heavy (non-hydrogen) atoms.